The van der Waals surface area contributed by atoms with Crippen molar-refractivity contribution in [3.05, 3.63) is 51.8 Å². The number of carbonyl (C=O) groups is 1. The molecule has 27 heavy (non-hydrogen) atoms. The third-order valence-electron chi connectivity index (χ3n) is 6.02. The van der Waals surface area contributed by atoms with E-state index in [4.69, 9.17) is 16.3 Å². The molecule has 7 heteroatoms. The Labute approximate surface area is 163 Å². The predicted molar refractivity (Wildman–Crippen MR) is 102 cm³/mol. The number of ether oxygens (including phenoxy) is 1. The van der Waals surface area contributed by atoms with Gasteiger partial charge in [0.2, 0.25) is 0 Å². The average Bonchev–Trinajstić information content (AvgIpc) is 3.36. The molecule has 2 fully saturated rings. The summed E-state index contributed by atoms with van der Waals surface area (Å²) in [4.78, 5) is 15.1. The van der Waals surface area contributed by atoms with Crippen LogP contribution in [0.25, 0.3) is 0 Å². The van der Waals surface area contributed by atoms with Crippen molar-refractivity contribution in [1.82, 2.24) is 20.4 Å². The molecule has 3 atom stereocenters. The Bertz CT molecular complexity index is 850. The van der Waals surface area contributed by atoms with Gasteiger partial charge in [0.1, 0.15) is 0 Å². The fraction of sp³-hybridized carbons (Fsp3) is 0.500. The minimum absolute atomic E-state index is 0.0468. The monoisotopic (exact) mass is 386 g/mol. The molecule has 2 saturated heterocycles. The highest BCUT2D eigenvalue weighted by Crippen LogP contribution is 2.31. The van der Waals surface area contributed by atoms with E-state index < -0.39 is 0 Å². The maximum atomic E-state index is 12.7. The van der Waals surface area contributed by atoms with Crippen LogP contribution in [-0.4, -0.2) is 52.8 Å². The highest BCUT2D eigenvalue weighted by molar-refractivity contribution is 6.30. The summed E-state index contributed by atoms with van der Waals surface area (Å²) in [6.45, 7) is 2.39. The van der Waals surface area contributed by atoms with Gasteiger partial charge in [0.15, 0.2) is 5.69 Å². The topological polar surface area (TPSA) is 70.2 Å². The van der Waals surface area contributed by atoms with Crippen LogP contribution in [0.2, 0.25) is 5.02 Å². The number of rotatable bonds is 3. The maximum Gasteiger partial charge on any atom is 0.272 e. The van der Waals surface area contributed by atoms with Crippen molar-refractivity contribution in [3.8, 4) is 0 Å². The van der Waals surface area contributed by atoms with E-state index in [1.54, 1.807) is 0 Å². The minimum Gasteiger partial charge on any atom is -0.371 e. The van der Waals surface area contributed by atoms with Gasteiger partial charge >= 0.3 is 0 Å². The summed E-state index contributed by atoms with van der Waals surface area (Å²) in [6, 6.07) is 8.37. The number of nitrogens with zero attached hydrogens (tertiary/aromatic N) is 2. The van der Waals surface area contributed by atoms with Gasteiger partial charge in [0, 0.05) is 41.5 Å². The fourth-order valence-electron chi connectivity index (χ4n) is 4.62. The molecule has 1 amide bonds. The van der Waals surface area contributed by atoms with E-state index in [0.717, 1.165) is 60.6 Å². The van der Waals surface area contributed by atoms with Gasteiger partial charge in [-0.2, -0.15) is 5.10 Å². The first kappa shape index (κ1) is 17.2. The zero-order valence-corrected chi connectivity index (χ0v) is 15.8. The SMILES string of the molecule is O=C(N[C@@H]1C[C@H]2CO[C@@H](c3ccc(Cl)cc3)CN2C1)c1n[nH]c2c1CCC2. The Morgan fingerprint density at radius 3 is 2.96 bits per heavy atom. The first-order valence-corrected chi connectivity index (χ1v) is 10.0. The number of hydrogen-bond acceptors (Lipinski definition) is 4. The minimum atomic E-state index is -0.0468. The van der Waals surface area contributed by atoms with Crippen LogP contribution in [0.4, 0.5) is 0 Å². The molecule has 3 heterocycles. The third kappa shape index (κ3) is 3.26. The van der Waals surface area contributed by atoms with Gasteiger partial charge in [-0.1, -0.05) is 23.7 Å². The average molecular weight is 387 g/mol. The zero-order valence-electron chi connectivity index (χ0n) is 15.1. The molecule has 1 aliphatic carbocycles. The molecule has 0 bridgehead atoms. The van der Waals surface area contributed by atoms with Crippen LogP contribution >= 0.6 is 11.6 Å². The Morgan fingerprint density at radius 1 is 1.26 bits per heavy atom. The number of carbonyl (C=O) groups excluding carboxylic acids is 1. The molecule has 142 valence electrons. The predicted octanol–water partition coefficient (Wildman–Crippen LogP) is 2.50. The van der Waals surface area contributed by atoms with E-state index in [2.05, 4.69) is 20.4 Å². The van der Waals surface area contributed by atoms with E-state index >= 15 is 0 Å². The van der Waals surface area contributed by atoms with Gasteiger partial charge in [-0.25, -0.2) is 0 Å². The van der Waals surface area contributed by atoms with Crippen molar-refractivity contribution in [2.75, 3.05) is 19.7 Å². The first-order chi connectivity index (χ1) is 13.2. The van der Waals surface area contributed by atoms with Gasteiger partial charge < -0.3 is 10.1 Å². The number of nitrogens with one attached hydrogen (secondary N) is 2. The summed E-state index contributed by atoms with van der Waals surface area (Å²) in [5.41, 5.74) is 3.97. The normalized spacial score (nSPS) is 27.4. The molecule has 0 radical (unpaired) electrons. The van der Waals surface area contributed by atoms with E-state index in [0.29, 0.717) is 18.3 Å². The van der Waals surface area contributed by atoms with Crippen LogP contribution in [0.1, 0.15) is 46.3 Å². The number of aromatic amines is 1. The summed E-state index contributed by atoms with van der Waals surface area (Å²) in [7, 11) is 0. The molecule has 0 unspecified atom stereocenters. The standard InChI is InChI=1S/C20H23ClN4O2/c21-13-6-4-12(5-7-13)18-10-25-9-14(8-15(25)11-27-18)22-20(26)19-16-2-1-3-17(16)23-24-19/h4-7,14-15,18H,1-3,8-11H2,(H,22,26)(H,23,24)/t14-,15+,18-/m1/s1. The Hall–Kier alpha value is -1.89. The highest BCUT2D eigenvalue weighted by atomic mass is 35.5. The molecule has 2 N–H and O–H groups in total. The number of benzene rings is 1. The number of aromatic nitrogens is 2. The molecular weight excluding hydrogens is 364 g/mol. The first-order valence-electron chi connectivity index (χ1n) is 9.65. The Balaban J connectivity index is 1.22. The molecule has 2 aliphatic heterocycles. The number of aryl methyl sites for hydroxylation is 1. The van der Waals surface area contributed by atoms with Gasteiger partial charge in [-0.3, -0.25) is 14.8 Å². The van der Waals surface area contributed by atoms with Crippen molar-refractivity contribution in [2.24, 2.45) is 0 Å². The molecule has 6 nitrogen and oxygen atoms in total. The second-order valence-electron chi connectivity index (χ2n) is 7.77. The summed E-state index contributed by atoms with van der Waals surface area (Å²) in [6.07, 6.45) is 4.03. The summed E-state index contributed by atoms with van der Waals surface area (Å²) >= 11 is 5.99. The molecule has 5 rings (SSSR count). The van der Waals surface area contributed by atoms with E-state index in [9.17, 15) is 4.79 Å². The van der Waals surface area contributed by atoms with Crippen LogP contribution in [0.15, 0.2) is 24.3 Å². The second kappa shape index (κ2) is 6.93. The van der Waals surface area contributed by atoms with Crippen molar-refractivity contribution < 1.29 is 9.53 Å². The van der Waals surface area contributed by atoms with Gasteiger partial charge in [0.05, 0.1) is 12.7 Å². The number of hydrogen-bond donors (Lipinski definition) is 2. The lowest BCUT2D eigenvalue weighted by Crippen LogP contribution is -2.43. The molecule has 0 saturated carbocycles. The van der Waals surface area contributed by atoms with Crippen LogP contribution in [0.5, 0.6) is 0 Å². The van der Waals surface area contributed by atoms with Crippen molar-refractivity contribution in [2.45, 2.75) is 43.9 Å². The van der Waals surface area contributed by atoms with Crippen LogP contribution in [0.3, 0.4) is 0 Å². The summed E-state index contributed by atoms with van der Waals surface area (Å²) in [5.74, 6) is -0.0468. The van der Waals surface area contributed by atoms with E-state index in [-0.39, 0.29) is 18.1 Å². The fourth-order valence-corrected chi connectivity index (χ4v) is 4.74. The molecule has 0 spiro atoms. The third-order valence-corrected chi connectivity index (χ3v) is 6.27. The molecule has 2 aromatic rings. The van der Waals surface area contributed by atoms with Crippen LogP contribution in [-0.2, 0) is 17.6 Å². The lowest BCUT2D eigenvalue weighted by molar-refractivity contribution is -0.0502. The largest absolute Gasteiger partial charge is 0.371 e. The quantitative estimate of drug-likeness (QED) is 0.850. The van der Waals surface area contributed by atoms with Gasteiger partial charge in [-0.05, 0) is 43.4 Å². The number of halogens is 1. The van der Waals surface area contributed by atoms with Crippen LogP contribution < -0.4 is 5.32 Å². The molecule has 3 aliphatic rings. The Morgan fingerprint density at radius 2 is 2.11 bits per heavy atom. The molecule has 1 aromatic heterocycles. The van der Waals surface area contributed by atoms with Gasteiger partial charge in [0.25, 0.3) is 5.91 Å². The molecule has 1 aromatic carbocycles. The number of morpholine rings is 1. The van der Waals surface area contributed by atoms with Crippen molar-refractivity contribution in [1.29, 1.82) is 0 Å². The van der Waals surface area contributed by atoms with E-state index in [1.165, 1.54) is 0 Å². The van der Waals surface area contributed by atoms with Crippen LogP contribution in [0, 0.1) is 0 Å². The zero-order chi connectivity index (χ0) is 18.4. The lowest BCUT2D eigenvalue weighted by atomic mass is 10.1. The number of fused-ring (bicyclic) bond motifs is 2. The molecular formula is C20H23ClN4O2. The number of H-pyrrole nitrogens is 1. The smallest absolute Gasteiger partial charge is 0.272 e. The summed E-state index contributed by atoms with van der Waals surface area (Å²) < 4.78 is 6.09. The van der Waals surface area contributed by atoms with Gasteiger partial charge in [-0.15, -0.1) is 0 Å². The van der Waals surface area contributed by atoms with E-state index in [1.807, 2.05) is 24.3 Å². The maximum absolute atomic E-state index is 12.7. The second-order valence-corrected chi connectivity index (χ2v) is 8.21. The highest BCUT2D eigenvalue weighted by Gasteiger charge is 2.38. The summed E-state index contributed by atoms with van der Waals surface area (Å²) in [5, 5.41) is 11.2. The number of amides is 1. The Kier molecular flexibility index (Phi) is 4.42. The van der Waals surface area contributed by atoms with Crippen molar-refractivity contribution in [3.63, 3.8) is 0 Å². The van der Waals surface area contributed by atoms with Crippen molar-refractivity contribution >= 4 is 17.5 Å². The lowest BCUT2D eigenvalue weighted by Gasteiger charge is -2.35.